The van der Waals surface area contributed by atoms with Crippen molar-refractivity contribution < 1.29 is 29.3 Å². The van der Waals surface area contributed by atoms with Crippen molar-refractivity contribution in [3.8, 4) is 5.75 Å². The molecule has 7 nitrogen and oxygen atoms in total. The van der Waals surface area contributed by atoms with Gasteiger partial charge in [0, 0.05) is 0 Å². The number of aliphatic hydroxyl groups excluding tert-OH is 1. The number of benzene rings is 2. The summed E-state index contributed by atoms with van der Waals surface area (Å²) in [4.78, 5) is 38.4. The number of nitrogens with zero attached hydrogens (tertiary/aromatic N) is 1. The zero-order chi connectivity index (χ0) is 19.7. The van der Waals surface area contributed by atoms with Crippen molar-refractivity contribution >= 4 is 23.5 Å². The second-order valence-corrected chi connectivity index (χ2v) is 6.36. The van der Waals surface area contributed by atoms with E-state index in [9.17, 15) is 24.6 Å². The van der Waals surface area contributed by atoms with Crippen molar-refractivity contribution in [1.82, 2.24) is 0 Å². The monoisotopic (exact) mass is 369 g/mol. The number of esters is 1. The number of carbonyl (C=O) groups is 3. The second kappa shape index (κ2) is 7.20. The average molecular weight is 369 g/mol. The molecule has 0 aliphatic carbocycles. The van der Waals surface area contributed by atoms with Crippen molar-refractivity contribution in [1.29, 1.82) is 0 Å². The predicted molar refractivity (Wildman–Crippen MR) is 97.0 cm³/mol. The third-order valence-corrected chi connectivity index (χ3v) is 4.37. The first-order valence-corrected chi connectivity index (χ1v) is 8.51. The average Bonchev–Trinajstić information content (AvgIpc) is 2.90. The molecule has 140 valence electrons. The minimum atomic E-state index is -0.758. The summed E-state index contributed by atoms with van der Waals surface area (Å²) in [6.45, 7) is 3.38. The summed E-state index contributed by atoms with van der Waals surface area (Å²) in [6, 6.07) is 8.70. The van der Waals surface area contributed by atoms with Gasteiger partial charge in [-0.1, -0.05) is 13.0 Å². The number of amides is 2. The van der Waals surface area contributed by atoms with Crippen LogP contribution in [-0.2, 0) is 4.74 Å². The van der Waals surface area contributed by atoms with Crippen LogP contribution in [0.4, 0.5) is 5.69 Å². The van der Waals surface area contributed by atoms with Crippen LogP contribution in [0.5, 0.6) is 5.75 Å². The lowest BCUT2D eigenvalue weighted by molar-refractivity contribution is 0.0250. The highest BCUT2D eigenvalue weighted by Crippen LogP contribution is 2.35. The van der Waals surface area contributed by atoms with E-state index in [-0.39, 0.29) is 34.7 Å². The number of phenolic OH excluding ortho intramolecular Hbond substituents is 1. The van der Waals surface area contributed by atoms with E-state index >= 15 is 0 Å². The van der Waals surface area contributed by atoms with E-state index < -0.39 is 23.9 Å². The quantitative estimate of drug-likeness (QED) is 0.620. The number of aliphatic hydroxyl groups is 1. The van der Waals surface area contributed by atoms with Gasteiger partial charge in [0.2, 0.25) is 0 Å². The predicted octanol–water partition coefficient (Wildman–Crippen LogP) is 2.43. The number of hydrogen-bond acceptors (Lipinski definition) is 6. The molecule has 1 unspecified atom stereocenters. The Bertz CT molecular complexity index is 936. The number of hydrogen-bond donors (Lipinski definition) is 2. The highest BCUT2D eigenvalue weighted by Gasteiger charge is 2.38. The highest BCUT2D eigenvalue weighted by molar-refractivity contribution is 6.35. The van der Waals surface area contributed by atoms with Gasteiger partial charge in [0.25, 0.3) is 11.8 Å². The molecule has 2 N–H and O–H groups in total. The SMILES string of the molecule is CCC(O)COC(=O)c1ccc2c(c1)C(=O)N(c1ccc(C)cc1O)C2=O. The Labute approximate surface area is 155 Å². The van der Waals surface area contributed by atoms with E-state index in [2.05, 4.69) is 0 Å². The maximum atomic E-state index is 12.7. The summed E-state index contributed by atoms with van der Waals surface area (Å²) in [6.07, 6.45) is -0.314. The van der Waals surface area contributed by atoms with Crippen LogP contribution in [0.2, 0.25) is 0 Å². The Hall–Kier alpha value is -3.19. The fourth-order valence-electron chi connectivity index (χ4n) is 2.78. The molecule has 0 aromatic heterocycles. The van der Waals surface area contributed by atoms with Gasteiger partial charge in [-0.2, -0.15) is 0 Å². The van der Waals surface area contributed by atoms with Crippen molar-refractivity contribution in [3.05, 3.63) is 58.7 Å². The maximum absolute atomic E-state index is 12.7. The first-order valence-electron chi connectivity index (χ1n) is 8.51. The fraction of sp³-hybridized carbons (Fsp3) is 0.250. The lowest BCUT2D eigenvalue weighted by atomic mass is 10.1. The lowest BCUT2D eigenvalue weighted by Gasteiger charge is -2.15. The Balaban J connectivity index is 1.89. The molecule has 27 heavy (non-hydrogen) atoms. The number of carbonyl (C=O) groups excluding carboxylic acids is 3. The largest absolute Gasteiger partial charge is 0.506 e. The number of aromatic hydroxyl groups is 1. The van der Waals surface area contributed by atoms with Crippen LogP contribution in [0.25, 0.3) is 0 Å². The first-order chi connectivity index (χ1) is 12.8. The van der Waals surface area contributed by atoms with Gasteiger partial charge in [0.05, 0.1) is 28.5 Å². The minimum absolute atomic E-state index is 0.0606. The van der Waals surface area contributed by atoms with Crippen LogP contribution < -0.4 is 4.90 Å². The number of rotatable bonds is 5. The Morgan fingerprint density at radius 2 is 1.81 bits per heavy atom. The molecule has 7 heteroatoms. The number of phenols is 1. The standard InChI is InChI=1S/C20H19NO6/c1-3-13(22)10-27-20(26)12-5-6-14-15(9-12)19(25)21(18(14)24)16-7-4-11(2)8-17(16)23/h4-9,13,22-23H,3,10H2,1-2H3. The van der Waals surface area contributed by atoms with Gasteiger partial charge in [0.1, 0.15) is 12.4 Å². The topological polar surface area (TPSA) is 104 Å². The molecule has 1 heterocycles. The van der Waals surface area contributed by atoms with Gasteiger partial charge in [-0.05, 0) is 49.2 Å². The molecular weight excluding hydrogens is 350 g/mol. The Morgan fingerprint density at radius 3 is 2.48 bits per heavy atom. The van der Waals surface area contributed by atoms with Crippen LogP contribution in [0.15, 0.2) is 36.4 Å². The molecule has 1 aliphatic heterocycles. The van der Waals surface area contributed by atoms with Crippen molar-refractivity contribution in [2.24, 2.45) is 0 Å². The smallest absolute Gasteiger partial charge is 0.338 e. The summed E-state index contributed by atoms with van der Waals surface area (Å²) in [5.41, 5.74) is 1.18. The van der Waals surface area contributed by atoms with E-state index in [0.29, 0.717) is 6.42 Å². The lowest BCUT2D eigenvalue weighted by Crippen LogP contribution is -2.29. The summed E-state index contributed by atoms with van der Waals surface area (Å²) in [5.74, 6) is -2.08. The van der Waals surface area contributed by atoms with Gasteiger partial charge in [-0.25, -0.2) is 9.69 Å². The molecule has 2 aromatic rings. The van der Waals surface area contributed by atoms with Crippen LogP contribution >= 0.6 is 0 Å². The number of imide groups is 1. The van der Waals surface area contributed by atoms with E-state index in [0.717, 1.165) is 10.5 Å². The normalized spacial score (nSPS) is 14.3. The molecule has 1 aliphatic rings. The van der Waals surface area contributed by atoms with Gasteiger partial charge < -0.3 is 14.9 Å². The molecular formula is C20H19NO6. The molecule has 0 spiro atoms. The third kappa shape index (κ3) is 3.41. The summed E-state index contributed by atoms with van der Waals surface area (Å²) < 4.78 is 5.01. The summed E-state index contributed by atoms with van der Waals surface area (Å²) >= 11 is 0. The van der Waals surface area contributed by atoms with Crippen molar-refractivity contribution in [2.75, 3.05) is 11.5 Å². The van der Waals surface area contributed by atoms with E-state index in [4.69, 9.17) is 4.74 Å². The number of ether oxygens (including phenoxy) is 1. The molecule has 0 saturated carbocycles. The van der Waals surface area contributed by atoms with Gasteiger partial charge >= 0.3 is 5.97 Å². The second-order valence-electron chi connectivity index (χ2n) is 6.36. The summed E-state index contributed by atoms with van der Waals surface area (Å²) in [7, 11) is 0. The number of anilines is 1. The van der Waals surface area contributed by atoms with Crippen LogP contribution in [0, 0.1) is 6.92 Å². The number of aryl methyl sites for hydroxylation is 1. The first kappa shape index (κ1) is 18.6. The molecule has 2 amide bonds. The molecule has 0 fully saturated rings. The highest BCUT2D eigenvalue weighted by atomic mass is 16.5. The molecule has 2 aromatic carbocycles. The van der Waals surface area contributed by atoms with Gasteiger partial charge in [-0.15, -0.1) is 0 Å². The third-order valence-electron chi connectivity index (χ3n) is 4.37. The molecule has 3 rings (SSSR count). The van der Waals surface area contributed by atoms with Crippen molar-refractivity contribution in [2.45, 2.75) is 26.4 Å². The zero-order valence-electron chi connectivity index (χ0n) is 14.9. The van der Waals surface area contributed by atoms with Gasteiger partial charge in [-0.3, -0.25) is 9.59 Å². The Morgan fingerprint density at radius 1 is 1.11 bits per heavy atom. The number of fused-ring (bicyclic) bond motifs is 1. The molecule has 0 radical (unpaired) electrons. The van der Waals surface area contributed by atoms with E-state index in [1.165, 1.54) is 30.3 Å². The van der Waals surface area contributed by atoms with E-state index in [1.807, 2.05) is 0 Å². The molecule has 0 saturated heterocycles. The van der Waals surface area contributed by atoms with Crippen LogP contribution in [-0.4, -0.2) is 40.7 Å². The summed E-state index contributed by atoms with van der Waals surface area (Å²) in [5, 5.41) is 19.6. The minimum Gasteiger partial charge on any atom is -0.506 e. The van der Waals surface area contributed by atoms with E-state index in [1.54, 1.807) is 19.9 Å². The molecule has 1 atom stereocenters. The van der Waals surface area contributed by atoms with Crippen molar-refractivity contribution in [3.63, 3.8) is 0 Å². The van der Waals surface area contributed by atoms with Gasteiger partial charge in [0.15, 0.2) is 0 Å². The fourth-order valence-corrected chi connectivity index (χ4v) is 2.78. The zero-order valence-corrected chi connectivity index (χ0v) is 14.9. The van der Waals surface area contributed by atoms with Crippen LogP contribution in [0.3, 0.4) is 0 Å². The Kier molecular flexibility index (Phi) is 4.96. The maximum Gasteiger partial charge on any atom is 0.338 e. The molecule has 0 bridgehead atoms. The van der Waals surface area contributed by atoms with Crippen LogP contribution in [0.1, 0.15) is 50.0 Å².